The number of amides is 1. The third-order valence-electron chi connectivity index (χ3n) is 3.82. The second kappa shape index (κ2) is 8.70. The molecule has 1 aliphatic rings. The van der Waals surface area contributed by atoms with Crippen LogP contribution in [0, 0.1) is 0 Å². The van der Waals surface area contributed by atoms with Crippen molar-refractivity contribution in [3.05, 3.63) is 0 Å². The predicted octanol–water partition coefficient (Wildman–Crippen LogP) is 2.42. The Labute approximate surface area is 134 Å². The van der Waals surface area contributed by atoms with Gasteiger partial charge in [-0.1, -0.05) is 0 Å². The summed E-state index contributed by atoms with van der Waals surface area (Å²) in [5.41, 5.74) is -0.451. The van der Waals surface area contributed by atoms with Crippen molar-refractivity contribution in [2.24, 2.45) is 0 Å². The van der Waals surface area contributed by atoms with E-state index in [9.17, 15) is 4.79 Å². The van der Waals surface area contributed by atoms with E-state index in [2.05, 4.69) is 17.6 Å². The minimum Gasteiger partial charge on any atom is -0.444 e. The van der Waals surface area contributed by atoms with Gasteiger partial charge in [0, 0.05) is 26.3 Å². The summed E-state index contributed by atoms with van der Waals surface area (Å²) >= 11 is 0. The molecule has 1 amide bonds. The Morgan fingerprint density at radius 3 is 2.00 bits per heavy atom. The highest BCUT2D eigenvalue weighted by Gasteiger charge is 2.27. The Morgan fingerprint density at radius 2 is 1.55 bits per heavy atom. The van der Waals surface area contributed by atoms with Gasteiger partial charge in [0.25, 0.3) is 0 Å². The van der Waals surface area contributed by atoms with Gasteiger partial charge in [-0.2, -0.15) is 0 Å². The van der Waals surface area contributed by atoms with Crippen LogP contribution in [0.25, 0.3) is 0 Å². The van der Waals surface area contributed by atoms with Crippen LogP contribution in [0.4, 0.5) is 4.79 Å². The minimum atomic E-state index is -0.451. The van der Waals surface area contributed by atoms with Crippen molar-refractivity contribution in [3.63, 3.8) is 0 Å². The summed E-state index contributed by atoms with van der Waals surface area (Å²) in [4.78, 5) is 11.8. The van der Waals surface area contributed by atoms with Crippen LogP contribution in [0.15, 0.2) is 0 Å². The fraction of sp³-hybridized carbons (Fsp3) is 0.938. The highest BCUT2D eigenvalue weighted by Crippen LogP contribution is 2.20. The Bertz CT molecular complexity index is 332. The van der Waals surface area contributed by atoms with E-state index in [1.807, 2.05) is 20.8 Å². The lowest BCUT2D eigenvalue weighted by molar-refractivity contribution is -0.121. The van der Waals surface area contributed by atoms with Gasteiger partial charge in [-0.15, -0.1) is 0 Å². The molecule has 6 nitrogen and oxygen atoms in total. The normalized spacial score (nSPS) is 24.1. The van der Waals surface area contributed by atoms with E-state index in [4.69, 9.17) is 14.2 Å². The number of nitrogens with one attached hydrogen (secondary N) is 2. The molecule has 1 saturated carbocycles. The fourth-order valence-corrected chi connectivity index (χ4v) is 2.83. The summed E-state index contributed by atoms with van der Waals surface area (Å²) in [5, 5.41) is 6.49. The average molecular weight is 316 g/mol. The monoisotopic (exact) mass is 316 g/mol. The van der Waals surface area contributed by atoms with Crippen molar-refractivity contribution in [3.8, 4) is 0 Å². The van der Waals surface area contributed by atoms with Gasteiger partial charge >= 0.3 is 6.09 Å². The summed E-state index contributed by atoms with van der Waals surface area (Å²) in [7, 11) is 3.29. The number of carbonyl (C=O) groups is 1. The molecule has 1 rings (SSSR count). The van der Waals surface area contributed by atoms with Gasteiger partial charge in [0.05, 0.1) is 6.04 Å². The lowest BCUT2D eigenvalue weighted by Gasteiger charge is -2.33. The molecule has 1 atom stereocenters. The van der Waals surface area contributed by atoms with Crippen molar-refractivity contribution < 1.29 is 19.0 Å². The summed E-state index contributed by atoms with van der Waals surface area (Å²) in [6, 6.07) is 0.763. The Hall–Kier alpha value is -0.850. The van der Waals surface area contributed by atoms with Gasteiger partial charge in [-0.25, -0.2) is 4.79 Å². The second-order valence-electron chi connectivity index (χ2n) is 6.99. The summed E-state index contributed by atoms with van der Waals surface area (Å²) in [6.07, 6.45) is 3.38. The molecular weight excluding hydrogens is 284 g/mol. The van der Waals surface area contributed by atoms with Crippen LogP contribution in [0.1, 0.15) is 53.4 Å². The average Bonchev–Trinajstić information content (AvgIpc) is 2.40. The molecule has 0 spiro atoms. The van der Waals surface area contributed by atoms with Crippen LogP contribution in [-0.4, -0.2) is 50.3 Å². The third-order valence-corrected chi connectivity index (χ3v) is 3.82. The zero-order chi connectivity index (χ0) is 16.8. The van der Waals surface area contributed by atoms with Crippen molar-refractivity contribution >= 4 is 6.09 Å². The van der Waals surface area contributed by atoms with Crippen molar-refractivity contribution in [2.75, 3.05) is 14.2 Å². The summed E-state index contributed by atoms with van der Waals surface area (Å²) < 4.78 is 15.8. The third kappa shape index (κ3) is 6.94. The Kier molecular flexibility index (Phi) is 7.59. The molecule has 22 heavy (non-hydrogen) atoms. The maximum absolute atomic E-state index is 11.8. The smallest absolute Gasteiger partial charge is 0.407 e. The molecule has 0 aromatic heterocycles. The topological polar surface area (TPSA) is 68.8 Å². The number of ether oxygens (including phenoxy) is 3. The number of rotatable bonds is 6. The quantitative estimate of drug-likeness (QED) is 0.737. The lowest BCUT2D eigenvalue weighted by Crippen LogP contribution is -2.49. The van der Waals surface area contributed by atoms with Crippen LogP contribution in [0.2, 0.25) is 0 Å². The van der Waals surface area contributed by atoms with E-state index in [1.165, 1.54) is 0 Å². The van der Waals surface area contributed by atoms with Crippen LogP contribution >= 0.6 is 0 Å². The standard InChI is InChI=1S/C16H32N2O4/c1-11(14(20-5)21-6)17-12-7-9-13(10-8-12)18-15(19)22-16(2,3)4/h11-14,17H,7-10H2,1-6H3,(H,18,19). The summed E-state index contributed by atoms with van der Waals surface area (Å²) in [6.45, 7) is 7.67. The molecule has 0 aromatic carbocycles. The zero-order valence-corrected chi connectivity index (χ0v) is 14.8. The maximum Gasteiger partial charge on any atom is 0.407 e. The number of methoxy groups -OCH3 is 2. The van der Waals surface area contributed by atoms with Gasteiger partial charge in [-0.3, -0.25) is 0 Å². The van der Waals surface area contributed by atoms with E-state index < -0.39 is 5.60 Å². The Morgan fingerprint density at radius 1 is 1.05 bits per heavy atom. The van der Waals surface area contributed by atoms with E-state index in [0.717, 1.165) is 25.7 Å². The highest BCUT2D eigenvalue weighted by atomic mass is 16.7. The fourth-order valence-electron chi connectivity index (χ4n) is 2.83. The maximum atomic E-state index is 11.8. The highest BCUT2D eigenvalue weighted by molar-refractivity contribution is 5.68. The minimum absolute atomic E-state index is 0.135. The van der Waals surface area contributed by atoms with Crippen LogP contribution in [-0.2, 0) is 14.2 Å². The number of carbonyl (C=O) groups excluding carboxylic acids is 1. The first kappa shape index (κ1) is 19.2. The molecule has 6 heteroatoms. The first-order valence-corrected chi connectivity index (χ1v) is 8.06. The van der Waals surface area contributed by atoms with E-state index >= 15 is 0 Å². The zero-order valence-electron chi connectivity index (χ0n) is 14.8. The van der Waals surface area contributed by atoms with E-state index in [1.54, 1.807) is 14.2 Å². The van der Waals surface area contributed by atoms with Gasteiger partial charge in [-0.05, 0) is 53.4 Å². The number of hydrogen-bond donors (Lipinski definition) is 2. The molecule has 1 fully saturated rings. The van der Waals surface area contributed by atoms with Gasteiger partial charge in [0.15, 0.2) is 6.29 Å². The molecule has 0 saturated heterocycles. The molecule has 2 N–H and O–H groups in total. The Balaban J connectivity index is 2.30. The van der Waals surface area contributed by atoms with E-state index in [0.29, 0.717) is 6.04 Å². The number of alkyl carbamates (subject to hydrolysis) is 1. The predicted molar refractivity (Wildman–Crippen MR) is 85.8 cm³/mol. The molecule has 0 bridgehead atoms. The van der Waals surface area contributed by atoms with E-state index in [-0.39, 0.29) is 24.5 Å². The first-order valence-electron chi connectivity index (χ1n) is 8.06. The number of hydrogen-bond acceptors (Lipinski definition) is 5. The molecule has 0 radical (unpaired) electrons. The van der Waals surface area contributed by atoms with Crippen molar-refractivity contribution in [1.29, 1.82) is 0 Å². The molecule has 130 valence electrons. The van der Waals surface area contributed by atoms with Gasteiger partial charge in [0.2, 0.25) is 0 Å². The molecule has 0 aliphatic heterocycles. The molecular formula is C16H32N2O4. The molecule has 1 unspecified atom stereocenters. The summed E-state index contributed by atoms with van der Waals surface area (Å²) in [5.74, 6) is 0. The molecule has 0 aromatic rings. The molecule has 0 heterocycles. The van der Waals surface area contributed by atoms with Gasteiger partial charge in [0.1, 0.15) is 5.60 Å². The molecule has 1 aliphatic carbocycles. The van der Waals surface area contributed by atoms with Crippen molar-refractivity contribution in [1.82, 2.24) is 10.6 Å². The van der Waals surface area contributed by atoms with Crippen LogP contribution in [0.3, 0.4) is 0 Å². The van der Waals surface area contributed by atoms with Crippen LogP contribution in [0.5, 0.6) is 0 Å². The van der Waals surface area contributed by atoms with Crippen molar-refractivity contribution in [2.45, 2.75) is 83.4 Å². The first-order chi connectivity index (χ1) is 10.2. The SMILES string of the molecule is COC(OC)C(C)NC1CCC(NC(=O)OC(C)(C)C)CC1. The lowest BCUT2D eigenvalue weighted by atomic mass is 9.91. The largest absolute Gasteiger partial charge is 0.444 e. The second-order valence-corrected chi connectivity index (χ2v) is 6.99. The van der Waals surface area contributed by atoms with Crippen LogP contribution < -0.4 is 10.6 Å². The van der Waals surface area contributed by atoms with Gasteiger partial charge < -0.3 is 24.8 Å².